The van der Waals surface area contributed by atoms with Gasteiger partial charge in [-0.05, 0) is 33.1 Å². The minimum atomic E-state index is -1.20. The van der Waals surface area contributed by atoms with Crippen LogP contribution in [0.4, 0.5) is 0 Å². The number of aryl methyl sites for hydroxylation is 1. The fourth-order valence-electron chi connectivity index (χ4n) is 3.84. The van der Waals surface area contributed by atoms with Gasteiger partial charge in [-0.25, -0.2) is 14.4 Å². The van der Waals surface area contributed by atoms with E-state index in [9.17, 15) is 14.4 Å². The molecule has 1 aromatic heterocycles. The maximum atomic E-state index is 12.3. The second-order valence-corrected chi connectivity index (χ2v) is 8.50. The molecule has 10 nitrogen and oxygen atoms in total. The number of benzene rings is 1. The van der Waals surface area contributed by atoms with Crippen molar-refractivity contribution in [2.75, 3.05) is 19.8 Å². The third-order valence-electron chi connectivity index (χ3n) is 5.78. The Kier molecular flexibility index (Phi) is 11.4. The molecule has 0 aliphatic carbocycles. The molecule has 2 aromatic rings. The number of carbonyl (C=O) groups excluding carboxylic acids is 3. The number of hydrogen-bond donors (Lipinski definition) is 0. The Bertz CT molecular complexity index is 1050. The van der Waals surface area contributed by atoms with E-state index in [2.05, 4.69) is 16.5 Å². The van der Waals surface area contributed by atoms with E-state index >= 15 is 0 Å². The third-order valence-corrected chi connectivity index (χ3v) is 5.78. The maximum Gasteiger partial charge on any atom is 0.338 e. The molecule has 1 aliphatic rings. The van der Waals surface area contributed by atoms with Crippen LogP contribution in [-0.4, -0.2) is 59.9 Å². The molecule has 0 bridgehead atoms. The van der Waals surface area contributed by atoms with Gasteiger partial charge < -0.3 is 23.7 Å². The lowest BCUT2D eigenvalue weighted by molar-refractivity contribution is -0.163. The number of rotatable bonds is 14. The highest BCUT2D eigenvalue weighted by Crippen LogP contribution is 2.33. The second kappa shape index (κ2) is 14.9. The maximum absolute atomic E-state index is 12.3. The molecule has 0 amide bonds. The highest BCUT2D eigenvalue weighted by molar-refractivity contribution is 5.86. The summed E-state index contributed by atoms with van der Waals surface area (Å²) in [7, 11) is 0. The van der Waals surface area contributed by atoms with Gasteiger partial charge in [0, 0.05) is 23.4 Å². The summed E-state index contributed by atoms with van der Waals surface area (Å²) >= 11 is 0. The van der Waals surface area contributed by atoms with E-state index in [0.29, 0.717) is 17.9 Å². The molecule has 2 atom stereocenters. The number of nitrogens with zero attached hydrogens (tertiary/aromatic N) is 2. The molecule has 1 fully saturated rings. The molecular weight excluding hydrogens is 492 g/mol. The first-order valence-electron chi connectivity index (χ1n) is 12.8. The zero-order valence-corrected chi connectivity index (χ0v) is 21.8. The average Bonchev–Trinajstić information content (AvgIpc) is 3.39. The van der Waals surface area contributed by atoms with Crippen molar-refractivity contribution in [3.05, 3.63) is 60.6 Å². The van der Waals surface area contributed by atoms with E-state index in [1.165, 1.54) is 6.08 Å². The van der Waals surface area contributed by atoms with Gasteiger partial charge in [0.05, 0.1) is 37.4 Å². The summed E-state index contributed by atoms with van der Waals surface area (Å²) in [5, 5.41) is 0. The highest BCUT2D eigenvalue weighted by Gasteiger charge is 2.47. The largest absolute Gasteiger partial charge is 0.464 e. The molecule has 1 saturated heterocycles. The van der Waals surface area contributed by atoms with Crippen molar-refractivity contribution < 1.29 is 38.1 Å². The van der Waals surface area contributed by atoms with Crippen molar-refractivity contribution in [3.63, 3.8) is 0 Å². The zero-order chi connectivity index (χ0) is 27.3. The number of aromatic nitrogens is 2. The van der Waals surface area contributed by atoms with E-state index in [-0.39, 0.29) is 19.2 Å². The molecule has 1 aromatic carbocycles. The number of esters is 3. The normalized spacial score (nSPS) is 17.1. The van der Waals surface area contributed by atoms with Crippen LogP contribution in [0.25, 0.3) is 11.3 Å². The molecule has 0 radical (unpaired) electrons. The highest BCUT2D eigenvalue weighted by atomic mass is 16.8. The van der Waals surface area contributed by atoms with Crippen LogP contribution in [0.15, 0.2) is 49.3 Å². The number of ether oxygens (including phenoxy) is 5. The number of hydrogen-bond acceptors (Lipinski definition) is 10. The van der Waals surface area contributed by atoms with Gasteiger partial charge in [0.25, 0.3) is 0 Å². The summed E-state index contributed by atoms with van der Waals surface area (Å²) in [5.74, 6) is -1.73. The quantitative estimate of drug-likeness (QED) is 0.155. The molecule has 3 rings (SSSR count). The van der Waals surface area contributed by atoms with E-state index < -0.39 is 30.4 Å². The monoisotopic (exact) mass is 526 g/mol. The van der Waals surface area contributed by atoms with Crippen LogP contribution < -0.4 is 0 Å². The SMILES string of the molecule is C=CC(=O)OCCCCCCc1cnc(-c2ccc(C3O[C@@H](C(=O)OCC)[C@H](C(=O)OCC)O3)cc2)cn1. The number of carbonyl (C=O) groups is 3. The van der Waals surface area contributed by atoms with Crippen molar-refractivity contribution in [2.24, 2.45) is 0 Å². The summed E-state index contributed by atoms with van der Waals surface area (Å²) in [6.45, 7) is 7.44. The molecule has 0 unspecified atom stereocenters. The lowest BCUT2D eigenvalue weighted by Crippen LogP contribution is -2.39. The van der Waals surface area contributed by atoms with Gasteiger partial charge in [-0.3, -0.25) is 9.97 Å². The zero-order valence-electron chi connectivity index (χ0n) is 21.8. The molecular formula is C28H34N2O8. The Morgan fingerprint density at radius 3 is 2.05 bits per heavy atom. The van der Waals surface area contributed by atoms with Crippen LogP contribution in [0.3, 0.4) is 0 Å². The summed E-state index contributed by atoms with van der Waals surface area (Å²) < 4.78 is 26.5. The minimum Gasteiger partial charge on any atom is -0.464 e. The fraction of sp³-hybridized carbons (Fsp3) is 0.464. The van der Waals surface area contributed by atoms with Crippen LogP contribution in [0.5, 0.6) is 0 Å². The lowest BCUT2D eigenvalue weighted by atomic mass is 10.1. The fourth-order valence-corrected chi connectivity index (χ4v) is 3.84. The second-order valence-electron chi connectivity index (χ2n) is 8.50. The van der Waals surface area contributed by atoms with Gasteiger partial charge >= 0.3 is 17.9 Å². The van der Waals surface area contributed by atoms with E-state index in [1.54, 1.807) is 38.4 Å². The Balaban J connectivity index is 1.52. The smallest absolute Gasteiger partial charge is 0.338 e. The van der Waals surface area contributed by atoms with Gasteiger partial charge in [-0.15, -0.1) is 0 Å². The molecule has 2 heterocycles. The van der Waals surface area contributed by atoms with E-state index in [1.807, 2.05) is 12.1 Å². The molecule has 0 spiro atoms. The Morgan fingerprint density at radius 2 is 1.50 bits per heavy atom. The molecule has 10 heteroatoms. The Morgan fingerprint density at radius 1 is 0.868 bits per heavy atom. The summed E-state index contributed by atoms with van der Waals surface area (Å²) in [6, 6.07) is 7.28. The first-order chi connectivity index (χ1) is 18.5. The predicted octanol–water partition coefficient (Wildman–Crippen LogP) is 3.88. The first kappa shape index (κ1) is 28.9. The minimum absolute atomic E-state index is 0.155. The molecule has 38 heavy (non-hydrogen) atoms. The Labute approximate surface area is 222 Å². The van der Waals surface area contributed by atoms with Gasteiger partial charge in [-0.2, -0.15) is 0 Å². The Hall–Kier alpha value is -3.63. The third kappa shape index (κ3) is 8.19. The van der Waals surface area contributed by atoms with E-state index in [0.717, 1.165) is 43.4 Å². The van der Waals surface area contributed by atoms with Crippen LogP contribution >= 0.6 is 0 Å². The van der Waals surface area contributed by atoms with Crippen molar-refractivity contribution in [1.82, 2.24) is 9.97 Å². The van der Waals surface area contributed by atoms with Crippen LogP contribution in [-0.2, 0) is 44.5 Å². The van der Waals surface area contributed by atoms with E-state index in [4.69, 9.17) is 23.7 Å². The molecule has 204 valence electrons. The number of unbranched alkanes of at least 4 members (excludes halogenated alkanes) is 3. The van der Waals surface area contributed by atoms with Crippen LogP contribution in [0, 0.1) is 0 Å². The topological polar surface area (TPSA) is 123 Å². The van der Waals surface area contributed by atoms with Gasteiger partial charge in [-0.1, -0.05) is 43.7 Å². The average molecular weight is 527 g/mol. The first-order valence-corrected chi connectivity index (χ1v) is 12.8. The van der Waals surface area contributed by atoms with Crippen molar-refractivity contribution >= 4 is 17.9 Å². The van der Waals surface area contributed by atoms with Gasteiger partial charge in [0.15, 0.2) is 18.5 Å². The summed E-state index contributed by atoms with van der Waals surface area (Å²) in [4.78, 5) is 44.6. The van der Waals surface area contributed by atoms with Gasteiger partial charge in [0.2, 0.25) is 0 Å². The molecule has 0 N–H and O–H groups in total. The molecule has 0 saturated carbocycles. The van der Waals surface area contributed by atoms with Crippen molar-refractivity contribution in [1.29, 1.82) is 0 Å². The standard InChI is InChI=1S/C28H34N2O8/c1-4-23(31)36-16-10-8-7-9-11-21-17-30-22(18-29-21)19-12-14-20(15-13-19)28-37-24(26(32)34-5-2)25(38-28)27(33)35-6-3/h4,12-15,17-18,24-25,28H,1,5-11,16H2,2-3H3/t24-,25-/m1/s1. The summed E-state index contributed by atoms with van der Waals surface area (Å²) in [5.41, 5.74) is 3.11. The predicted molar refractivity (Wildman–Crippen MR) is 137 cm³/mol. The summed E-state index contributed by atoms with van der Waals surface area (Å²) in [6.07, 6.45) is 5.94. The van der Waals surface area contributed by atoms with Crippen molar-refractivity contribution in [3.8, 4) is 11.3 Å². The van der Waals surface area contributed by atoms with Gasteiger partial charge in [0.1, 0.15) is 0 Å². The van der Waals surface area contributed by atoms with Crippen LogP contribution in [0.1, 0.15) is 57.1 Å². The lowest BCUT2D eigenvalue weighted by Gasteiger charge is -2.13. The molecule has 1 aliphatic heterocycles. The van der Waals surface area contributed by atoms with Crippen LogP contribution in [0.2, 0.25) is 0 Å². The van der Waals surface area contributed by atoms with Crippen molar-refractivity contribution in [2.45, 2.75) is 64.4 Å².